The number of aromatic nitrogens is 2. The molecule has 0 radical (unpaired) electrons. The Kier molecular flexibility index (Phi) is 3.68. The summed E-state index contributed by atoms with van der Waals surface area (Å²) in [5.41, 5.74) is 0.548. The first-order chi connectivity index (χ1) is 10.5. The van der Waals surface area contributed by atoms with E-state index in [1.165, 1.54) is 6.26 Å². The Bertz CT molecular complexity index is 775. The summed E-state index contributed by atoms with van der Waals surface area (Å²) in [6.45, 7) is 1.69. The van der Waals surface area contributed by atoms with E-state index in [9.17, 15) is 9.90 Å². The minimum atomic E-state index is -1.23. The fourth-order valence-corrected chi connectivity index (χ4v) is 2.28. The van der Waals surface area contributed by atoms with Crippen molar-refractivity contribution in [2.45, 2.75) is 18.9 Å². The third-order valence-corrected chi connectivity index (χ3v) is 3.55. The molecule has 0 aliphatic heterocycles. The number of nitrogens with zero attached hydrogens (tertiary/aromatic N) is 1. The average molecular weight is 299 g/mol. The number of hydrogen-bond acceptors (Lipinski definition) is 4. The van der Waals surface area contributed by atoms with E-state index in [0.29, 0.717) is 5.76 Å². The third-order valence-electron chi connectivity index (χ3n) is 3.55. The number of carbonyl (C=O) groups is 1. The van der Waals surface area contributed by atoms with Crippen molar-refractivity contribution < 1.29 is 14.3 Å². The molecule has 22 heavy (non-hydrogen) atoms. The van der Waals surface area contributed by atoms with Crippen LogP contribution in [-0.4, -0.2) is 27.8 Å². The molecule has 3 aromatic rings. The molecule has 6 heteroatoms. The average Bonchev–Trinajstić information content (AvgIpc) is 3.16. The van der Waals surface area contributed by atoms with Gasteiger partial charge in [-0.2, -0.15) is 5.10 Å². The van der Waals surface area contributed by atoms with Crippen molar-refractivity contribution in [1.82, 2.24) is 15.5 Å². The van der Waals surface area contributed by atoms with E-state index in [4.69, 9.17) is 4.42 Å². The molecule has 1 amide bonds. The number of rotatable bonds is 5. The lowest BCUT2D eigenvalue weighted by atomic mass is 10.0. The standard InChI is InChI=1S/C16H17N3O3/c1-16(21,14-3-2-6-22-14)10-17-15(20)8-11-4-5-12-9-18-19-13(12)7-11/h2-7,9,21H,8,10H2,1H3,(H,17,20)(H,18,19)/t16-/m1/s1. The number of carbonyl (C=O) groups excluding carboxylic acids is 1. The van der Waals surface area contributed by atoms with Crippen LogP contribution in [0.15, 0.2) is 47.2 Å². The molecule has 0 aliphatic rings. The zero-order valence-electron chi connectivity index (χ0n) is 12.2. The van der Waals surface area contributed by atoms with Crippen LogP contribution >= 0.6 is 0 Å². The lowest BCUT2D eigenvalue weighted by Crippen LogP contribution is -2.39. The summed E-state index contributed by atoms with van der Waals surface area (Å²) >= 11 is 0. The lowest BCUT2D eigenvalue weighted by molar-refractivity contribution is -0.121. The van der Waals surface area contributed by atoms with Crippen LogP contribution in [0.5, 0.6) is 0 Å². The fourth-order valence-electron chi connectivity index (χ4n) is 2.28. The van der Waals surface area contributed by atoms with Gasteiger partial charge in [-0.3, -0.25) is 9.89 Å². The van der Waals surface area contributed by atoms with E-state index >= 15 is 0 Å². The van der Waals surface area contributed by atoms with E-state index in [-0.39, 0.29) is 18.9 Å². The quantitative estimate of drug-likeness (QED) is 0.669. The molecule has 1 aromatic carbocycles. The minimum Gasteiger partial charge on any atom is -0.466 e. The number of aromatic amines is 1. The molecule has 2 aromatic heterocycles. The number of H-pyrrole nitrogens is 1. The van der Waals surface area contributed by atoms with E-state index in [1.807, 2.05) is 18.2 Å². The van der Waals surface area contributed by atoms with Gasteiger partial charge in [0.05, 0.1) is 30.9 Å². The molecule has 0 fully saturated rings. The highest BCUT2D eigenvalue weighted by Crippen LogP contribution is 2.20. The molecular weight excluding hydrogens is 282 g/mol. The second-order valence-electron chi connectivity index (χ2n) is 5.50. The van der Waals surface area contributed by atoms with E-state index in [1.54, 1.807) is 25.3 Å². The molecule has 1 atom stereocenters. The van der Waals surface area contributed by atoms with Gasteiger partial charge in [0.2, 0.25) is 5.91 Å². The molecule has 2 heterocycles. The Balaban J connectivity index is 1.60. The molecular formula is C16H17N3O3. The summed E-state index contributed by atoms with van der Waals surface area (Å²) in [4.78, 5) is 12.0. The van der Waals surface area contributed by atoms with Crippen molar-refractivity contribution >= 4 is 16.8 Å². The van der Waals surface area contributed by atoms with Crippen LogP contribution in [-0.2, 0) is 16.8 Å². The topological polar surface area (TPSA) is 91.1 Å². The van der Waals surface area contributed by atoms with Gasteiger partial charge in [-0.15, -0.1) is 0 Å². The third kappa shape index (κ3) is 3.01. The largest absolute Gasteiger partial charge is 0.466 e. The SMILES string of the molecule is C[C@@](O)(CNC(=O)Cc1ccc2cn[nH]c2c1)c1ccco1. The summed E-state index contributed by atoms with van der Waals surface area (Å²) in [5.74, 6) is 0.261. The molecule has 0 saturated carbocycles. The van der Waals surface area contributed by atoms with E-state index in [0.717, 1.165) is 16.5 Å². The highest BCUT2D eigenvalue weighted by molar-refractivity contribution is 5.82. The van der Waals surface area contributed by atoms with Crippen molar-refractivity contribution in [3.8, 4) is 0 Å². The predicted molar refractivity (Wildman–Crippen MR) is 81.1 cm³/mol. The number of furan rings is 1. The molecule has 6 nitrogen and oxygen atoms in total. The van der Waals surface area contributed by atoms with Crippen LogP contribution in [0.2, 0.25) is 0 Å². The number of benzene rings is 1. The Morgan fingerprint density at radius 3 is 3.09 bits per heavy atom. The van der Waals surface area contributed by atoms with Gasteiger partial charge in [-0.05, 0) is 30.7 Å². The number of aliphatic hydroxyl groups is 1. The summed E-state index contributed by atoms with van der Waals surface area (Å²) in [6, 6.07) is 9.08. The Morgan fingerprint density at radius 1 is 1.45 bits per heavy atom. The van der Waals surface area contributed by atoms with Crippen LogP contribution in [0.1, 0.15) is 18.2 Å². The normalized spacial score (nSPS) is 13.9. The number of nitrogens with one attached hydrogen (secondary N) is 2. The molecule has 3 N–H and O–H groups in total. The number of hydrogen-bond donors (Lipinski definition) is 3. The van der Waals surface area contributed by atoms with Crippen LogP contribution < -0.4 is 5.32 Å². The van der Waals surface area contributed by atoms with Crippen LogP contribution in [0.25, 0.3) is 10.9 Å². The zero-order valence-corrected chi connectivity index (χ0v) is 12.2. The summed E-state index contributed by atoms with van der Waals surface area (Å²) < 4.78 is 5.18. The van der Waals surface area contributed by atoms with Crippen LogP contribution in [0.4, 0.5) is 0 Å². The van der Waals surface area contributed by atoms with Gasteiger partial charge < -0.3 is 14.8 Å². The molecule has 0 unspecified atom stereocenters. The van der Waals surface area contributed by atoms with Gasteiger partial charge in [0, 0.05) is 5.39 Å². The van der Waals surface area contributed by atoms with Gasteiger partial charge in [0.15, 0.2) is 0 Å². The minimum absolute atomic E-state index is 0.0889. The summed E-state index contributed by atoms with van der Waals surface area (Å²) in [5, 5.41) is 20.8. The van der Waals surface area contributed by atoms with E-state index in [2.05, 4.69) is 15.5 Å². The van der Waals surface area contributed by atoms with Crippen molar-refractivity contribution in [2.24, 2.45) is 0 Å². The highest BCUT2D eigenvalue weighted by Gasteiger charge is 2.26. The Hall–Kier alpha value is -2.60. The monoisotopic (exact) mass is 299 g/mol. The molecule has 0 bridgehead atoms. The second-order valence-corrected chi connectivity index (χ2v) is 5.50. The first-order valence-electron chi connectivity index (χ1n) is 7.00. The van der Waals surface area contributed by atoms with Crippen molar-refractivity contribution in [1.29, 1.82) is 0 Å². The highest BCUT2D eigenvalue weighted by atomic mass is 16.4. The Labute approximate surface area is 127 Å². The van der Waals surface area contributed by atoms with Gasteiger partial charge in [-0.25, -0.2) is 0 Å². The van der Waals surface area contributed by atoms with Gasteiger partial charge in [0.25, 0.3) is 0 Å². The van der Waals surface area contributed by atoms with Gasteiger partial charge in [-0.1, -0.05) is 12.1 Å². The molecule has 3 rings (SSSR count). The first kappa shape index (κ1) is 14.3. The maximum absolute atomic E-state index is 12.0. The zero-order chi connectivity index (χ0) is 15.6. The van der Waals surface area contributed by atoms with Gasteiger partial charge in [0.1, 0.15) is 11.4 Å². The number of fused-ring (bicyclic) bond motifs is 1. The smallest absolute Gasteiger partial charge is 0.224 e. The molecule has 0 aliphatic carbocycles. The van der Waals surface area contributed by atoms with Crippen LogP contribution in [0.3, 0.4) is 0 Å². The number of amides is 1. The molecule has 114 valence electrons. The maximum atomic E-state index is 12.0. The second kappa shape index (κ2) is 5.65. The fraction of sp³-hybridized carbons (Fsp3) is 0.250. The maximum Gasteiger partial charge on any atom is 0.224 e. The summed E-state index contributed by atoms with van der Waals surface area (Å²) in [7, 11) is 0. The first-order valence-corrected chi connectivity index (χ1v) is 7.00. The molecule has 0 spiro atoms. The van der Waals surface area contributed by atoms with Crippen LogP contribution in [0, 0.1) is 0 Å². The van der Waals surface area contributed by atoms with Crippen molar-refractivity contribution in [3.63, 3.8) is 0 Å². The van der Waals surface area contributed by atoms with Crippen molar-refractivity contribution in [3.05, 3.63) is 54.1 Å². The predicted octanol–water partition coefficient (Wildman–Crippen LogP) is 1.72. The Morgan fingerprint density at radius 2 is 2.32 bits per heavy atom. The lowest BCUT2D eigenvalue weighted by Gasteiger charge is -2.21. The van der Waals surface area contributed by atoms with E-state index < -0.39 is 5.60 Å². The molecule has 0 saturated heterocycles. The summed E-state index contributed by atoms with van der Waals surface area (Å²) in [6.07, 6.45) is 3.47. The van der Waals surface area contributed by atoms with Gasteiger partial charge >= 0.3 is 0 Å². The van der Waals surface area contributed by atoms with Crippen molar-refractivity contribution in [2.75, 3.05) is 6.54 Å².